The largest absolute Gasteiger partial charge is 0.356 e. The smallest absolute Gasteiger partial charge is 0.253 e. The lowest BCUT2D eigenvalue weighted by molar-refractivity contribution is -0.126. The molecule has 1 fully saturated rings. The Bertz CT molecular complexity index is 1060. The highest BCUT2D eigenvalue weighted by Gasteiger charge is 2.27. The normalized spacial score (nSPS) is 14.2. The van der Waals surface area contributed by atoms with Crippen LogP contribution in [0, 0.1) is 11.7 Å². The Labute approximate surface area is 188 Å². The molecule has 0 atom stereocenters. The van der Waals surface area contributed by atoms with Crippen molar-refractivity contribution < 1.29 is 14.0 Å². The van der Waals surface area contributed by atoms with Gasteiger partial charge < -0.3 is 10.2 Å². The summed E-state index contributed by atoms with van der Waals surface area (Å²) in [5.41, 5.74) is 3.46. The Hall–Kier alpha value is -3.47. The second-order valence-corrected chi connectivity index (χ2v) is 8.14. The summed E-state index contributed by atoms with van der Waals surface area (Å²) >= 11 is 0. The Morgan fingerprint density at radius 1 is 0.844 bits per heavy atom. The lowest BCUT2D eigenvalue weighted by Crippen LogP contribution is -2.43. The number of piperidine rings is 1. The lowest BCUT2D eigenvalue weighted by Gasteiger charge is -2.31. The third-order valence-corrected chi connectivity index (χ3v) is 6.04. The Kier molecular flexibility index (Phi) is 6.95. The van der Waals surface area contributed by atoms with E-state index in [-0.39, 0.29) is 23.5 Å². The van der Waals surface area contributed by atoms with Gasteiger partial charge in [0.15, 0.2) is 0 Å². The molecule has 0 saturated carbocycles. The van der Waals surface area contributed by atoms with Gasteiger partial charge in [-0.2, -0.15) is 0 Å². The highest BCUT2D eigenvalue weighted by atomic mass is 19.1. The van der Waals surface area contributed by atoms with Gasteiger partial charge in [0.1, 0.15) is 5.82 Å². The van der Waals surface area contributed by atoms with Crippen LogP contribution >= 0.6 is 0 Å². The van der Waals surface area contributed by atoms with Crippen molar-refractivity contribution in [3.8, 4) is 11.1 Å². The third-order valence-electron chi connectivity index (χ3n) is 6.04. The summed E-state index contributed by atoms with van der Waals surface area (Å²) in [5, 5.41) is 2.92. The summed E-state index contributed by atoms with van der Waals surface area (Å²) in [6.07, 6.45) is 1.74. The summed E-state index contributed by atoms with van der Waals surface area (Å²) in [6, 6.07) is 24.3. The number of likely N-dealkylation sites (tertiary alicyclic amines) is 1. The van der Waals surface area contributed by atoms with Gasteiger partial charge in [-0.05, 0) is 54.2 Å². The van der Waals surface area contributed by atoms with Crippen molar-refractivity contribution in [1.29, 1.82) is 0 Å². The fourth-order valence-corrected chi connectivity index (χ4v) is 4.13. The zero-order valence-corrected chi connectivity index (χ0v) is 18.0. The van der Waals surface area contributed by atoms with E-state index in [0.29, 0.717) is 50.0 Å². The molecule has 1 aliphatic rings. The van der Waals surface area contributed by atoms with Gasteiger partial charge in [-0.1, -0.05) is 60.7 Å². The lowest BCUT2D eigenvalue weighted by atomic mass is 9.95. The summed E-state index contributed by atoms with van der Waals surface area (Å²) < 4.78 is 13.7. The summed E-state index contributed by atoms with van der Waals surface area (Å²) in [5.74, 6) is -0.367. The van der Waals surface area contributed by atoms with E-state index in [9.17, 15) is 14.0 Å². The van der Waals surface area contributed by atoms with Gasteiger partial charge in [-0.25, -0.2) is 4.39 Å². The van der Waals surface area contributed by atoms with Crippen LogP contribution in [-0.4, -0.2) is 36.3 Å². The quantitative estimate of drug-likeness (QED) is 0.616. The monoisotopic (exact) mass is 430 g/mol. The van der Waals surface area contributed by atoms with E-state index in [1.54, 1.807) is 18.2 Å². The van der Waals surface area contributed by atoms with Crippen molar-refractivity contribution in [2.45, 2.75) is 19.3 Å². The van der Waals surface area contributed by atoms with Gasteiger partial charge >= 0.3 is 0 Å². The van der Waals surface area contributed by atoms with Crippen LogP contribution < -0.4 is 5.32 Å². The molecule has 0 aliphatic carbocycles. The maximum atomic E-state index is 13.7. The second kappa shape index (κ2) is 10.2. The van der Waals surface area contributed by atoms with Crippen LogP contribution in [0.1, 0.15) is 28.8 Å². The average molecular weight is 431 g/mol. The van der Waals surface area contributed by atoms with Gasteiger partial charge in [-0.3, -0.25) is 9.59 Å². The average Bonchev–Trinajstić information content (AvgIpc) is 2.85. The molecule has 3 aromatic rings. The number of carbonyl (C=O) groups excluding carboxylic acids is 2. The molecule has 0 bridgehead atoms. The molecule has 0 spiro atoms. The first-order chi connectivity index (χ1) is 15.6. The van der Waals surface area contributed by atoms with Crippen LogP contribution in [-0.2, 0) is 11.2 Å². The standard InChI is InChI=1S/C27H27FN2O2/c28-25-9-5-4-8-22(25)14-17-29-26(31)23-15-18-30(19-16-23)27(32)24-12-10-21(11-13-24)20-6-2-1-3-7-20/h1-13,23H,14-19H2,(H,29,31). The van der Waals surface area contributed by atoms with E-state index in [0.717, 1.165) is 11.1 Å². The Morgan fingerprint density at radius 2 is 1.47 bits per heavy atom. The molecule has 32 heavy (non-hydrogen) atoms. The topological polar surface area (TPSA) is 49.4 Å². The molecular weight excluding hydrogens is 403 g/mol. The van der Waals surface area contributed by atoms with Gasteiger partial charge in [0, 0.05) is 31.1 Å². The minimum atomic E-state index is -0.245. The van der Waals surface area contributed by atoms with E-state index in [1.165, 1.54) is 6.07 Å². The van der Waals surface area contributed by atoms with Crippen LogP contribution in [0.15, 0.2) is 78.9 Å². The van der Waals surface area contributed by atoms with E-state index in [2.05, 4.69) is 5.32 Å². The van der Waals surface area contributed by atoms with Crippen molar-refractivity contribution in [3.05, 3.63) is 95.8 Å². The molecule has 164 valence electrons. The molecule has 0 aromatic heterocycles. The van der Waals surface area contributed by atoms with Crippen LogP contribution in [0.4, 0.5) is 4.39 Å². The number of hydrogen-bond donors (Lipinski definition) is 1. The minimum Gasteiger partial charge on any atom is -0.356 e. The number of halogens is 1. The molecule has 1 N–H and O–H groups in total. The zero-order chi connectivity index (χ0) is 22.3. The Morgan fingerprint density at radius 3 is 2.16 bits per heavy atom. The fourth-order valence-electron chi connectivity index (χ4n) is 4.13. The molecule has 3 aromatic carbocycles. The molecule has 4 rings (SSSR count). The Balaban J connectivity index is 1.25. The van der Waals surface area contributed by atoms with Crippen molar-refractivity contribution in [2.75, 3.05) is 19.6 Å². The number of carbonyl (C=O) groups is 2. The molecule has 0 unspecified atom stereocenters. The van der Waals surface area contributed by atoms with Crippen molar-refractivity contribution in [2.24, 2.45) is 5.92 Å². The van der Waals surface area contributed by atoms with E-state index < -0.39 is 0 Å². The molecule has 1 aliphatic heterocycles. The molecular formula is C27H27FN2O2. The van der Waals surface area contributed by atoms with Gasteiger partial charge in [0.25, 0.3) is 5.91 Å². The molecule has 2 amide bonds. The maximum Gasteiger partial charge on any atom is 0.253 e. The van der Waals surface area contributed by atoms with Crippen molar-refractivity contribution in [3.63, 3.8) is 0 Å². The molecule has 5 heteroatoms. The molecule has 1 saturated heterocycles. The van der Waals surface area contributed by atoms with Crippen LogP contribution in [0.25, 0.3) is 11.1 Å². The zero-order valence-electron chi connectivity index (χ0n) is 18.0. The summed E-state index contributed by atoms with van der Waals surface area (Å²) in [7, 11) is 0. The predicted octanol–water partition coefficient (Wildman–Crippen LogP) is 4.70. The maximum absolute atomic E-state index is 13.7. The SMILES string of the molecule is O=C(NCCc1ccccc1F)C1CCN(C(=O)c2ccc(-c3ccccc3)cc2)CC1. The van der Waals surface area contributed by atoms with Crippen LogP contribution in [0.2, 0.25) is 0 Å². The highest BCUT2D eigenvalue weighted by Crippen LogP contribution is 2.22. The number of nitrogens with one attached hydrogen (secondary N) is 1. The van der Waals surface area contributed by atoms with Crippen LogP contribution in [0.3, 0.4) is 0 Å². The molecule has 0 radical (unpaired) electrons. The first-order valence-electron chi connectivity index (χ1n) is 11.1. The number of rotatable bonds is 6. The van der Waals surface area contributed by atoms with Crippen molar-refractivity contribution >= 4 is 11.8 Å². The van der Waals surface area contributed by atoms with E-state index in [4.69, 9.17) is 0 Å². The molecule has 1 heterocycles. The van der Waals surface area contributed by atoms with Gasteiger partial charge in [-0.15, -0.1) is 0 Å². The fraction of sp³-hybridized carbons (Fsp3) is 0.259. The number of nitrogens with zero attached hydrogens (tertiary/aromatic N) is 1. The number of amides is 2. The van der Waals surface area contributed by atoms with Gasteiger partial charge in [0.2, 0.25) is 5.91 Å². The first-order valence-corrected chi connectivity index (χ1v) is 11.1. The first kappa shape index (κ1) is 21.8. The third kappa shape index (κ3) is 5.22. The summed E-state index contributed by atoms with van der Waals surface area (Å²) in [6.45, 7) is 1.53. The van der Waals surface area contributed by atoms with Gasteiger partial charge in [0.05, 0.1) is 0 Å². The highest BCUT2D eigenvalue weighted by molar-refractivity contribution is 5.95. The number of benzene rings is 3. The second-order valence-electron chi connectivity index (χ2n) is 8.14. The van der Waals surface area contributed by atoms with Crippen molar-refractivity contribution in [1.82, 2.24) is 10.2 Å². The predicted molar refractivity (Wildman–Crippen MR) is 124 cm³/mol. The minimum absolute atomic E-state index is 0.00280. The van der Waals surface area contributed by atoms with E-state index in [1.807, 2.05) is 59.5 Å². The molecule has 4 nitrogen and oxygen atoms in total. The van der Waals surface area contributed by atoms with E-state index >= 15 is 0 Å². The van der Waals surface area contributed by atoms with Crippen LogP contribution in [0.5, 0.6) is 0 Å². The summed E-state index contributed by atoms with van der Waals surface area (Å²) in [4.78, 5) is 27.2. The number of hydrogen-bond acceptors (Lipinski definition) is 2.